The van der Waals surface area contributed by atoms with Gasteiger partial charge in [0.05, 0.1) is 11.6 Å². The quantitative estimate of drug-likeness (QED) is 0.364. The molecule has 39 heavy (non-hydrogen) atoms. The Bertz CT molecular complexity index is 1210. The van der Waals surface area contributed by atoms with E-state index < -0.39 is 0 Å². The molecule has 0 radical (unpaired) electrons. The van der Waals surface area contributed by atoms with Crippen molar-refractivity contribution in [3.05, 3.63) is 96.1 Å². The van der Waals surface area contributed by atoms with Crippen LogP contribution in [-0.4, -0.2) is 54.7 Å². The number of carbonyl (C=O) groups is 2. The molecule has 204 valence electrons. The second kappa shape index (κ2) is 13.8. The highest BCUT2D eigenvalue weighted by Gasteiger charge is 2.32. The summed E-state index contributed by atoms with van der Waals surface area (Å²) in [4.78, 5) is 32.4. The lowest BCUT2D eigenvalue weighted by atomic mass is 10.0. The molecule has 1 fully saturated rings. The minimum atomic E-state index is -0.323. The van der Waals surface area contributed by atoms with Crippen LogP contribution in [0.5, 0.6) is 0 Å². The summed E-state index contributed by atoms with van der Waals surface area (Å²) >= 11 is 1.69. The molecule has 6 heteroatoms. The molecular weight excluding hydrogens is 502 g/mol. The van der Waals surface area contributed by atoms with Gasteiger partial charge in [-0.3, -0.25) is 9.59 Å². The van der Waals surface area contributed by atoms with Gasteiger partial charge in [-0.05, 0) is 61.9 Å². The van der Waals surface area contributed by atoms with E-state index in [0.29, 0.717) is 12.3 Å². The van der Waals surface area contributed by atoms with E-state index in [4.69, 9.17) is 0 Å². The van der Waals surface area contributed by atoms with Crippen molar-refractivity contribution >= 4 is 29.3 Å². The van der Waals surface area contributed by atoms with E-state index in [9.17, 15) is 9.59 Å². The predicted octanol–water partition coefficient (Wildman–Crippen LogP) is 5.59. The predicted molar refractivity (Wildman–Crippen MR) is 160 cm³/mol. The Balaban J connectivity index is 1.11. The maximum Gasteiger partial charge on any atom is 0.231 e. The molecule has 5 rings (SSSR count). The third-order valence-electron chi connectivity index (χ3n) is 7.85. The lowest BCUT2D eigenvalue weighted by Gasteiger charge is -2.32. The lowest BCUT2D eigenvalue weighted by Crippen LogP contribution is -2.46. The molecule has 2 aliphatic heterocycles. The van der Waals surface area contributed by atoms with Gasteiger partial charge in [-0.2, -0.15) is 0 Å². The smallest absolute Gasteiger partial charge is 0.231 e. The number of amides is 2. The number of hydrogen-bond acceptors (Lipinski definition) is 4. The van der Waals surface area contributed by atoms with E-state index in [1.807, 2.05) is 41.3 Å². The van der Waals surface area contributed by atoms with E-state index in [1.54, 1.807) is 11.8 Å². The van der Waals surface area contributed by atoms with Crippen LogP contribution >= 0.6 is 11.8 Å². The topological polar surface area (TPSA) is 52.7 Å². The summed E-state index contributed by atoms with van der Waals surface area (Å²) in [5.41, 5.74) is 3.57. The standard InChI is InChI=1S/C33H39N3O2S/c37-32(34-29-18-21-35(22-19-29)20-9-14-26-10-3-1-4-11-26)24-28-25-39-31-16-8-7-15-30(31)36(33(28)38)23-17-27-12-5-2-6-13-27/h1-8,10-13,15-16,28-29H,9,14,17-25H2,(H,34,37). The Morgan fingerprint density at radius 3 is 2.18 bits per heavy atom. The summed E-state index contributed by atoms with van der Waals surface area (Å²) in [5.74, 6) is 0.374. The van der Waals surface area contributed by atoms with Crippen molar-refractivity contribution < 1.29 is 9.59 Å². The van der Waals surface area contributed by atoms with Crippen LogP contribution in [-0.2, 0) is 22.4 Å². The van der Waals surface area contributed by atoms with E-state index in [-0.39, 0.29) is 30.2 Å². The number of fused-ring (bicyclic) bond motifs is 1. The average molecular weight is 542 g/mol. The summed E-state index contributed by atoms with van der Waals surface area (Å²) in [7, 11) is 0. The molecule has 1 unspecified atom stereocenters. The Morgan fingerprint density at radius 2 is 1.46 bits per heavy atom. The number of benzene rings is 3. The van der Waals surface area contributed by atoms with Gasteiger partial charge in [0.1, 0.15) is 0 Å². The zero-order valence-corrected chi connectivity index (χ0v) is 23.5. The average Bonchev–Trinajstić information content (AvgIpc) is 3.10. The van der Waals surface area contributed by atoms with Gasteiger partial charge in [-0.1, -0.05) is 72.8 Å². The van der Waals surface area contributed by atoms with Crippen LogP contribution in [0.1, 0.15) is 36.8 Å². The van der Waals surface area contributed by atoms with Gasteiger partial charge in [0.15, 0.2) is 0 Å². The number of anilines is 1. The van der Waals surface area contributed by atoms with Crippen LogP contribution < -0.4 is 10.2 Å². The molecule has 0 aliphatic carbocycles. The summed E-state index contributed by atoms with van der Waals surface area (Å²) in [6.07, 6.45) is 5.24. The van der Waals surface area contributed by atoms with Crippen molar-refractivity contribution in [2.24, 2.45) is 5.92 Å². The first-order valence-electron chi connectivity index (χ1n) is 14.3. The van der Waals surface area contributed by atoms with Crippen molar-refractivity contribution in [1.29, 1.82) is 0 Å². The maximum atomic E-state index is 13.7. The Hall–Kier alpha value is -3.09. The molecule has 5 nitrogen and oxygen atoms in total. The number of piperidine rings is 1. The van der Waals surface area contributed by atoms with E-state index in [0.717, 1.165) is 62.3 Å². The molecule has 1 N–H and O–H groups in total. The molecule has 0 spiro atoms. The molecule has 1 atom stereocenters. The molecule has 3 aromatic carbocycles. The fourth-order valence-corrected chi connectivity index (χ4v) is 6.77. The normalized spacial score (nSPS) is 18.4. The van der Waals surface area contributed by atoms with Gasteiger partial charge in [-0.25, -0.2) is 0 Å². The number of likely N-dealkylation sites (tertiary alicyclic amines) is 1. The zero-order chi connectivity index (χ0) is 26.9. The molecule has 0 aromatic heterocycles. The van der Waals surface area contributed by atoms with E-state index in [2.05, 4.69) is 58.7 Å². The Kier molecular flexibility index (Phi) is 9.73. The molecule has 0 saturated carbocycles. The first-order chi connectivity index (χ1) is 19.2. The highest BCUT2D eigenvalue weighted by molar-refractivity contribution is 7.99. The molecule has 0 bridgehead atoms. The Morgan fingerprint density at radius 1 is 0.821 bits per heavy atom. The minimum Gasteiger partial charge on any atom is -0.353 e. The number of aryl methyl sites for hydroxylation is 1. The summed E-state index contributed by atoms with van der Waals surface area (Å²) in [6.45, 7) is 3.74. The van der Waals surface area contributed by atoms with Crippen LogP contribution in [0.25, 0.3) is 0 Å². The molecule has 1 saturated heterocycles. The van der Waals surface area contributed by atoms with Crippen LogP contribution in [0.15, 0.2) is 89.8 Å². The number of nitrogens with zero attached hydrogens (tertiary/aromatic N) is 2. The monoisotopic (exact) mass is 541 g/mol. The highest BCUT2D eigenvalue weighted by atomic mass is 32.2. The number of hydrogen-bond donors (Lipinski definition) is 1. The summed E-state index contributed by atoms with van der Waals surface area (Å²) in [5, 5.41) is 3.26. The van der Waals surface area contributed by atoms with Crippen LogP contribution in [0.2, 0.25) is 0 Å². The van der Waals surface area contributed by atoms with Crippen LogP contribution in [0.4, 0.5) is 5.69 Å². The third-order valence-corrected chi connectivity index (χ3v) is 9.07. The van der Waals surface area contributed by atoms with Crippen LogP contribution in [0.3, 0.4) is 0 Å². The third kappa shape index (κ3) is 7.74. The van der Waals surface area contributed by atoms with E-state index in [1.165, 1.54) is 11.1 Å². The van der Waals surface area contributed by atoms with Crippen molar-refractivity contribution in [3.8, 4) is 0 Å². The molecule has 2 heterocycles. The van der Waals surface area contributed by atoms with Crippen molar-refractivity contribution in [2.45, 2.75) is 49.5 Å². The van der Waals surface area contributed by atoms with Crippen molar-refractivity contribution in [1.82, 2.24) is 10.2 Å². The number of carbonyl (C=O) groups excluding carboxylic acids is 2. The minimum absolute atomic E-state index is 0.00504. The largest absolute Gasteiger partial charge is 0.353 e. The fraction of sp³-hybridized carbons (Fsp3) is 0.394. The molecule has 3 aromatic rings. The number of para-hydroxylation sites is 1. The fourth-order valence-electron chi connectivity index (χ4n) is 5.63. The summed E-state index contributed by atoms with van der Waals surface area (Å²) < 4.78 is 0. The summed E-state index contributed by atoms with van der Waals surface area (Å²) in [6, 6.07) is 29.3. The van der Waals surface area contributed by atoms with Crippen molar-refractivity contribution in [2.75, 3.05) is 36.8 Å². The second-order valence-corrected chi connectivity index (χ2v) is 11.7. The van der Waals surface area contributed by atoms with Crippen LogP contribution in [0, 0.1) is 5.92 Å². The zero-order valence-electron chi connectivity index (χ0n) is 22.6. The highest BCUT2D eigenvalue weighted by Crippen LogP contribution is 2.37. The number of thioether (sulfide) groups is 1. The van der Waals surface area contributed by atoms with Gasteiger partial charge < -0.3 is 15.1 Å². The molecular formula is C33H39N3O2S. The number of nitrogens with one attached hydrogen (secondary N) is 1. The van der Waals surface area contributed by atoms with Gasteiger partial charge >= 0.3 is 0 Å². The first kappa shape index (κ1) is 27.5. The molecule has 2 amide bonds. The second-order valence-electron chi connectivity index (χ2n) is 10.7. The van der Waals surface area contributed by atoms with Crippen molar-refractivity contribution in [3.63, 3.8) is 0 Å². The van der Waals surface area contributed by atoms with Gasteiger partial charge in [0, 0.05) is 42.7 Å². The molecule has 2 aliphatic rings. The Labute approximate surface area is 237 Å². The van der Waals surface area contributed by atoms with Gasteiger partial charge in [-0.15, -0.1) is 11.8 Å². The SMILES string of the molecule is O=C(CC1CSc2ccccc2N(CCc2ccccc2)C1=O)NC1CCN(CCCc2ccccc2)CC1. The lowest BCUT2D eigenvalue weighted by molar-refractivity contribution is -0.128. The van der Waals surface area contributed by atoms with E-state index >= 15 is 0 Å². The van der Waals surface area contributed by atoms with Gasteiger partial charge in [0.25, 0.3) is 0 Å². The van der Waals surface area contributed by atoms with Gasteiger partial charge in [0.2, 0.25) is 11.8 Å². The maximum absolute atomic E-state index is 13.7. The first-order valence-corrected chi connectivity index (χ1v) is 15.3. The number of rotatable bonds is 10.